The predicted molar refractivity (Wildman–Crippen MR) is 77.7 cm³/mol. The van der Waals surface area contributed by atoms with Crippen LogP contribution in [0.4, 0.5) is 0 Å². The quantitative estimate of drug-likeness (QED) is 0.859. The summed E-state index contributed by atoms with van der Waals surface area (Å²) in [4.78, 5) is 2.61. The topological polar surface area (TPSA) is 15.3 Å². The molecule has 0 radical (unpaired) electrons. The third kappa shape index (κ3) is 3.82. The monoisotopic (exact) mass is 246 g/mol. The van der Waals surface area contributed by atoms with Crippen LogP contribution in [-0.2, 0) is 0 Å². The van der Waals surface area contributed by atoms with Crippen molar-refractivity contribution in [1.82, 2.24) is 10.2 Å². The summed E-state index contributed by atoms with van der Waals surface area (Å²) < 4.78 is 0. The average Bonchev–Trinajstić information content (AvgIpc) is 2.42. The standard InChI is InChI=1S/C16H26N2/c1-3-17-16(15-7-5-4-6-8-15)13-18-11-9-14(2)10-12-18/h4-8,14,16-17H,3,9-13H2,1-2H3. The Bertz CT molecular complexity index is 328. The first-order valence-electron chi connectivity index (χ1n) is 7.30. The van der Waals surface area contributed by atoms with Gasteiger partial charge in [-0.1, -0.05) is 44.2 Å². The molecule has 2 rings (SSSR count). The molecule has 0 saturated carbocycles. The molecule has 18 heavy (non-hydrogen) atoms. The lowest BCUT2D eigenvalue weighted by molar-refractivity contribution is 0.175. The Kier molecular flexibility index (Phi) is 5.21. The van der Waals surface area contributed by atoms with Crippen LogP contribution < -0.4 is 5.32 Å². The lowest BCUT2D eigenvalue weighted by Gasteiger charge is -2.33. The van der Waals surface area contributed by atoms with Crippen molar-refractivity contribution in [3.05, 3.63) is 35.9 Å². The number of likely N-dealkylation sites (N-methyl/N-ethyl adjacent to an activating group) is 1. The van der Waals surface area contributed by atoms with Crippen molar-refractivity contribution < 1.29 is 0 Å². The molecule has 0 amide bonds. The molecule has 2 nitrogen and oxygen atoms in total. The Morgan fingerprint density at radius 3 is 2.50 bits per heavy atom. The van der Waals surface area contributed by atoms with E-state index in [0.29, 0.717) is 6.04 Å². The molecule has 1 fully saturated rings. The summed E-state index contributed by atoms with van der Waals surface area (Å²) in [6.45, 7) is 9.25. The van der Waals surface area contributed by atoms with Crippen LogP contribution in [-0.4, -0.2) is 31.1 Å². The first-order valence-corrected chi connectivity index (χ1v) is 7.30. The second-order valence-corrected chi connectivity index (χ2v) is 5.50. The van der Waals surface area contributed by atoms with E-state index in [2.05, 4.69) is 54.4 Å². The molecule has 0 aliphatic carbocycles. The Hall–Kier alpha value is -0.860. The highest BCUT2D eigenvalue weighted by Crippen LogP contribution is 2.20. The van der Waals surface area contributed by atoms with E-state index in [1.54, 1.807) is 0 Å². The molecular formula is C16H26N2. The minimum atomic E-state index is 0.476. The minimum Gasteiger partial charge on any atom is -0.309 e. The van der Waals surface area contributed by atoms with Crippen molar-refractivity contribution in [2.75, 3.05) is 26.2 Å². The Balaban J connectivity index is 1.94. The molecule has 1 N–H and O–H groups in total. The van der Waals surface area contributed by atoms with Crippen molar-refractivity contribution in [3.8, 4) is 0 Å². The van der Waals surface area contributed by atoms with Gasteiger partial charge < -0.3 is 10.2 Å². The Labute approximate surface area is 111 Å². The van der Waals surface area contributed by atoms with E-state index in [0.717, 1.165) is 19.0 Å². The maximum atomic E-state index is 3.62. The molecule has 1 heterocycles. The second kappa shape index (κ2) is 6.91. The van der Waals surface area contributed by atoms with Gasteiger partial charge in [-0.25, -0.2) is 0 Å². The van der Waals surface area contributed by atoms with Gasteiger partial charge in [-0.15, -0.1) is 0 Å². The van der Waals surface area contributed by atoms with Gasteiger partial charge in [0.05, 0.1) is 0 Å². The zero-order valence-electron chi connectivity index (χ0n) is 11.7. The Morgan fingerprint density at radius 1 is 1.22 bits per heavy atom. The van der Waals surface area contributed by atoms with Gasteiger partial charge in [0.1, 0.15) is 0 Å². The largest absolute Gasteiger partial charge is 0.309 e. The van der Waals surface area contributed by atoms with E-state index in [-0.39, 0.29) is 0 Å². The van der Waals surface area contributed by atoms with Crippen LogP contribution >= 0.6 is 0 Å². The van der Waals surface area contributed by atoms with Crippen LogP contribution in [0.2, 0.25) is 0 Å². The molecule has 0 bridgehead atoms. The number of hydrogen-bond donors (Lipinski definition) is 1. The summed E-state index contributed by atoms with van der Waals surface area (Å²) in [5.41, 5.74) is 1.41. The van der Waals surface area contributed by atoms with Crippen molar-refractivity contribution in [2.24, 2.45) is 5.92 Å². The van der Waals surface area contributed by atoms with Crippen LogP contribution in [0.25, 0.3) is 0 Å². The molecule has 0 aromatic heterocycles. The molecular weight excluding hydrogens is 220 g/mol. The number of likely N-dealkylation sites (tertiary alicyclic amines) is 1. The summed E-state index contributed by atoms with van der Waals surface area (Å²) >= 11 is 0. The highest BCUT2D eigenvalue weighted by molar-refractivity contribution is 5.19. The maximum absolute atomic E-state index is 3.62. The SMILES string of the molecule is CCNC(CN1CCC(C)CC1)c1ccccc1. The van der Waals surface area contributed by atoms with Gasteiger partial charge in [0.2, 0.25) is 0 Å². The van der Waals surface area contributed by atoms with Gasteiger partial charge in [-0.2, -0.15) is 0 Å². The van der Waals surface area contributed by atoms with E-state index in [1.165, 1.54) is 31.5 Å². The molecule has 100 valence electrons. The van der Waals surface area contributed by atoms with Crippen LogP contribution in [0.3, 0.4) is 0 Å². The number of hydrogen-bond acceptors (Lipinski definition) is 2. The second-order valence-electron chi connectivity index (χ2n) is 5.50. The van der Waals surface area contributed by atoms with Crippen LogP contribution in [0.1, 0.15) is 38.3 Å². The summed E-state index contributed by atoms with van der Waals surface area (Å²) in [6.07, 6.45) is 2.71. The molecule has 1 saturated heterocycles. The van der Waals surface area contributed by atoms with Crippen molar-refractivity contribution in [2.45, 2.75) is 32.7 Å². The number of piperidine rings is 1. The minimum absolute atomic E-state index is 0.476. The van der Waals surface area contributed by atoms with Gasteiger partial charge in [0.15, 0.2) is 0 Å². The van der Waals surface area contributed by atoms with Crippen LogP contribution in [0.5, 0.6) is 0 Å². The van der Waals surface area contributed by atoms with Gasteiger partial charge in [0, 0.05) is 12.6 Å². The number of rotatable bonds is 5. The fourth-order valence-electron chi connectivity index (χ4n) is 2.72. The fourth-order valence-corrected chi connectivity index (χ4v) is 2.72. The van der Waals surface area contributed by atoms with Crippen LogP contribution in [0, 0.1) is 5.92 Å². The Morgan fingerprint density at radius 2 is 1.89 bits per heavy atom. The molecule has 1 atom stereocenters. The molecule has 1 aliphatic rings. The maximum Gasteiger partial charge on any atom is 0.0449 e. The third-order valence-corrected chi connectivity index (χ3v) is 3.97. The first kappa shape index (κ1) is 13.6. The smallest absolute Gasteiger partial charge is 0.0449 e. The van der Waals surface area contributed by atoms with E-state index >= 15 is 0 Å². The van der Waals surface area contributed by atoms with E-state index in [4.69, 9.17) is 0 Å². The van der Waals surface area contributed by atoms with Gasteiger partial charge in [0.25, 0.3) is 0 Å². The summed E-state index contributed by atoms with van der Waals surface area (Å²) in [5, 5.41) is 3.62. The number of nitrogens with one attached hydrogen (secondary N) is 1. The number of nitrogens with zero attached hydrogens (tertiary/aromatic N) is 1. The predicted octanol–water partition coefficient (Wildman–Crippen LogP) is 3.07. The molecule has 1 aromatic rings. The molecule has 0 spiro atoms. The zero-order valence-corrected chi connectivity index (χ0v) is 11.7. The van der Waals surface area contributed by atoms with Gasteiger partial charge in [-0.3, -0.25) is 0 Å². The van der Waals surface area contributed by atoms with Crippen molar-refractivity contribution in [3.63, 3.8) is 0 Å². The van der Waals surface area contributed by atoms with Crippen LogP contribution in [0.15, 0.2) is 30.3 Å². The van der Waals surface area contributed by atoms with E-state index in [1.807, 2.05) is 0 Å². The first-order chi connectivity index (χ1) is 8.79. The van der Waals surface area contributed by atoms with Crippen molar-refractivity contribution in [1.29, 1.82) is 0 Å². The lowest BCUT2D eigenvalue weighted by Crippen LogP contribution is -2.39. The van der Waals surface area contributed by atoms with E-state index < -0.39 is 0 Å². The molecule has 2 heteroatoms. The highest BCUT2D eigenvalue weighted by Gasteiger charge is 2.19. The third-order valence-electron chi connectivity index (χ3n) is 3.97. The van der Waals surface area contributed by atoms with Gasteiger partial charge >= 0.3 is 0 Å². The van der Waals surface area contributed by atoms with E-state index in [9.17, 15) is 0 Å². The highest BCUT2D eigenvalue weighted by atomic mass is 15.2. The normalized spacial score (nSPS) is 19.9. The molecule has 1 unspecified atom stereocenters. The fraction of sp³-hybridized carbons (Fsp3) is 0.625. The molecule has 1 aromatic carbocycles. The summed E-state index contributed by atoms with van der Waals surface area (Å²) in [6, 6.07) is 11.3. The summed E-state index contributed by atoms with van der Waals surface area (Å²) in [7, 11) is 0. The number of benzene rings is 1. The zero-order chi connectivity index (χ0) is 12.8. The van der Waals surface area contributed by atoms with Crippen molar-refractivity contribution >= 4 is 0 Å². The molecule has 1 aliphatic heterocycles. The summed E-state index contributed by atoms with van der Waals surface area (Å²) in [5.74, 6) is 0.913. The van der Waals surface area contributed by atoms with Gasteiger partial charge in [-0.05, 0) is 44.0 Å². The average molecular weight is 246 g/mol. The lowest BCUT2D eigenvalue weighted by atomic mass is 9.98.